The molecule has 1 fully saturated rings. The van der Waals surface area contributed by atoms with Crippen molar-refractivity contribution in [3.8, 4) is 11.5 Å². The van der Waals surface area contributed by atoms with Crippen molar-refractivity contribution in [2.24, 2.45) is 0 Å². The average Bonchev–Trinajstić information content (AvgIpc) is 2.96. The van der Waals surface area contributed by atoms with Gasteiger partial charge in [0.05, 0.1) is 14.2 Å². The second-order valence-corrected chi connectivity index (χ2v) is 6.11. The van der Waals surface area contributed by atoms with Crippen LogP contribution in [-0.2, 0) is 17.8 Å². The molecular formula is C20H23NO3. The second-order valence-electron chi connectivity index (χ2n) is 6.11. The monoisotopic (exact) mass is 325 g/mol. The molecule has 126 valence electrons. The summed E-state index contributed by atoms with van der Waals surface area (Å²) in [6.07, 6.45) is 2.43. The molecule has 1 amide bonds. The first-order valence-electron chi connectivity index (χ1n) is 8.25. The molecule has 4 heteroatoms. The highest BCUT2D eigenvalue weighted by molar-refractivity contribution is 5.78. The van der Waals surface area contributed by atoms with Gasteiger partial charge in [-0.25, -0.2) is 0 Å². The Bertz CT molecular complexity index is 679. The first kappa shape index (κ1) is 16.4. The first-order chi connectivity index (χ1) is 11.7. The summed E-state index contributed by atoms with van der Waals surface area (Å²) in [5.41, 5.74) is 2.36. The molecule has 0 spiro atoms. The van der Waals surface area contributed by atoms with Crippen LogP contribution in [0.15, 0.2) is 48.5 Å². The zero-order valence-corrected chi connectivity index (χ0v) is 14.2. The fraction of sp³-hybridized carbons (Fsp3) is 0.350. The number of ether oxygens (including phenoxy) is 2. The number of carbonyl (C=O) groups is 1. The third kappa shape index (κ3) is 3.70. The van der Waals surface area contributed by atoms with E-state index >= 15 is 0 Å². The Labute approximate surface area is 143 Å². The van der Waals surface area contributed by atoms with Gasteiger partial charge < -0.3 is 14.4 Å². The van der Waals surface area contributed by atoms with E-state index in [0.29, 0.717) is 13.0 Å². The van der Waals surface area contributed by atoms with Gasteiger partial charge in [-0.2, -0.15) is 0 Å². The molecule has 0 saturated carbocycles. The molecule has 2 aromatic rings. The number of hydrogen-bond acceptors (Lipinski definition) is 3. The molecule has 1 unspecified atom stereocenters. The fourth-order valence-electron chi connectivity index (χ4n) is 3.18. The van der Waals surface area contributed by atoms with Gasteiger partial charge in [-0.1, -0.05) is 24.3 Å². The molecule has 0 aliphatic carbocycles. The van der Waals surface area contributed by atoms with Crippen molar-refractivity contribution in [1.82, 2.24) is 4.90 Å². The standard InChI is InChI=1S/C20H23NO3/c1-23-18-8-3-15(4-9-18)13-17-7-12-20(22)21(17)14-16-5-10-19(24-2)11-6-16/h3-6,8-11,17H,7,12-14H2,1-2H3. The summed E-state index contributed by atoms with van der Waals surface area (Å²) in [4.78, 5) is 14.3. The molecule has 0 radical (unpaired) electrons. The van der Waals surface area contributed by atoms with Crippen LogP contribution < -0.4 is 9.47 Å². The topological polar surface area (TPSA) is 38.8 Å². The Kier molecular flexibility index (Phi) is 5.04. The van der Waals surface area contributed by atoms with E-state index in [1.807, 2.05) is 41.3 Å². The van der Waals surface area contributed by atoms with Gasteiger partial charge in [-0.3, -0.25) is 4.79 Å². The first-order valence-corrected chi connectivity index (χ1v) is 8.25. The second kappa shape index (κ2) is 7.39. The Hall–Kier alpha value is -2.49. The molecule has 0 N–H and O–H groups in total. The maximum Gasteiger partial charge on any atom is 0.223 e. The summed E-state index contributed by atoms with van der Waals surface area (Å²) < 4.78 is 10.4. The number of carbonyl (C=O) groups excluding carboxylic acids is 1. The van der Waals surface area contributed by atoms with E-state index < -0.39 is 0 Å². The molecular weight excluding hydrogens is 302 g/mol. The van der Waals surface area contributed by atoms with Crippen molar-refractivity contribution < 1.29 is 14.3 Å². The molecule has 4 nitrogen and oxygen atoms in total. The predicted octanol–water partition coefficient (Wildman–Crippen LogP) is 3.44. The zero-order valence-electron chi connectivity index (χ0n) is 14.2. The van der Waals surface area contributed by atoms with E-state index in [1.54, 1.807) is 14.2 Å². The van der Waals surface area contributed by atoms with Crippen molar-refractivity contribution in [3.05, 3.63) is 59.7 Å². The molecule has 1 aliphatic heterocycles. The van der Waals surface area contributed by atoms with Crippen molar-refractivity contribution in [2.75, 3.05) is 14.2 Å². The molecule has 24 heavy (non-hydrogen) atoms. The van der Waals surface area contributed by atoms with Crippen LogP contribution in [0.4, 0.5) is 0 Å². The van der Waals surface area contributed by atoms with E-state index in [1.165, 1.54) is 5.56 Å². The van der Waals surface area contributed by atoms with Crippen molar-refractivity contribution in [1.29, 1.82) is 0 Å². The molecule has 1 aliphatic rings. The van der Waals surface area contributed by atoms with Crippen LogP contribution in [0.2, 0.25) is 0 Å². The summed E-state index contributed by atoms with van der Waals surface area (Å²) in [6, 6.07) is 16.3. The van der Waals surface area contributed by atoms with Crippen LogP contribution in [0.25, 0.3) is 0 Å². The van der Waals surface area contributed by atoms with Gasteiger partial charge in [0.1, 0.15) is 11.5 Å². The van der Waals surface area contributed by atoms with Crippen LogP contribution in [0, 0.1) is 0 Å². The van der Waals surface area contributed by atoms with Crippen LogP contribution in [0.5, 0.6) is 11.5 Å². The summed E-state index contributed by atoms with van der Waals surface area (Å²) in [5.74, 6) is 1.93. The lowest BCUT2D eigenvalue weighted by atomic mass is 10.0. The Balaban J connectivity index is 1.68. The van der Waals surface area contributed by atoms with Crippen LogP contribution in [0.3, 0.4) is 0 Å². The van der Waals surface area contributed by atoms with Crippen molar-refractivity contribution >= 4 is 5.91 Å². The van der Waals surface area contributed by atoms with E-state index in [-0.39, 0.29) is 11.9 Å². The van der Waals surface area contributed by atoms with E-state index in [9.17, 15) is 4.79 Å². The van der Waals surface area contributed by atoms with Gasteiger partial charge in [-0.05, 0) is 48.2 Å². The minimum atomic E-state index is 0.240. The lowest BCUT2D eigenvalue weighted by molar-refractivity contribution is -0.129. The van der Waals surface area contributed by atoms with Gasteiger partial charge >= 0.3 is 0 Å². The number of rotatable bonds is 6. The highest BCUT2D eigenvalue weighted by atomic mass is 16.5. The van der Waals surface area contributed by atoms with Gasteiger partial charge in [0, 0.05) is 19.0 Å². The molecule has 3 rings (SSSR count). The van der Waals surface area contributed by atoms with Gasteiger partial charge in [0.15, 0.2) is 0 Å². The van der Waals surface area contributed by atoms with Crippen molar-refractivity contribution in [2.45, 2.75) is 31.8 Å². The fourth-order valence-corrected chi connectivity index (χ4v) is 3.18. The SMILES string of the molecule is COc1ccc(CC2CCC(=O)N2Cc2ccc(OC)cc2)cc1. The summed E-state index contributed by atoms with van der Waals surface area (Å²) in [7, 11) is 3.32. The van der Waals surface area contributed by atoms with Crippen LogP contribution >= 0.6 is 0 Å². The normalized spacial score (nSPS) is 17.2. The van der Waals surface area contributed by atoms with E-state index in [0.717, 1.165) is 29.9 Å². The predicted molar refractivity (Wildman–Crippen MR) is 93.3 cm³/mol. The maximum atomic E-state index is 12.3. The smallest absolute Gasteiger partial charge is 0.223 e. The minimum absolute atomic E-state index is 0.240. The third-order valence-electron chi connectivity index (χ3n) is 4.59. The quantitative estimate of drug-likeness (QED) is 0.817. The number of benzene rings is 2. The van der Waals surface area contributed by atoms with Crippen LogP contribution in [0.1, 0.15) is 24.0 Å². The number of nitrogens with zero attached hydrogens (tertiary/aromatic N) is 1. The summed E-state index contributed by atoms with van der Waals surface area (Å²) in [5, 5.41) is 0. The molecule has 2 aromatic carbocycles. The Morgan fingerprint density at radius 2 is 1.46 bits per heavy atom. The lowest BCUT2D eigenvalue weighted by Gasteiger charge is -2.25. The molecule has 1 heterocycles. The minimum Gasteiger partial charge on any atom is -0.497 e. The number of hydrogen-bond donors (Lipinski definition) is 0. The highest BCUT2D eigenvalue weighted by Crippen LogP contribution is 2.26. The van der Waals surface area contributed by atoms with E-state index in [2.05, 4.69) is 12.1 Å². The van der Waals surface area contributed by atoms with Gasteiger partial charge in [0.25, 0.3) is 0 Å². The third-order valence-corrected chi connectivity index (χ3v) is 4.59. The molecule has 0 bridgehead atoms. The van der Waals surface area contributed by atoms with Gasteiger partial charge in [0.2, 0.25) is 5.91 Å². The summed E-state index contributed by atoms with van der Waals surface area (Å²) >= 11 is 0. The highest BCUT2D eigenvalue weighted by Gasteiger charge is 2.30. The molecule has 0 aromatic heterocycles. The number of likely N-dealkylation sites (tertiary alicyclic amines) is 1. The lowest BCUT2D eigenvalue weighted by Crippen LogP contribution is -2.33. The van der Waals surface area contributed by atoms with E-state index in [4.69, 9.17) is 9.47 Å². The number of methoxy groups -OCH3 is 2. The van der Waals surface area contributed by atoms with Gasteiger partial charge in [-0.15, -0.1) is 0 Å². The maximum absolute atomic E-state index is 12.3. The number of amides is 1. The summed E-state index contributed by atoms with van der Waals surface area (Å²) in [6.45, 7) is 0.656. The largest absolute Gasteiger partial charge is 0.497 e. The van der Waals surface area contributed by atoms with Crippen LogP contribution in [-0.4, -0.2) is 31.1 Å². The zero-order chi connectivity index (χ0) is 16.9. The molecule has 1 atom stereocenters. The molecule has 1 saturated heterocycles. The van der Waals surface area contributed by atoms with Crippen molar-refractivity contribution in [3.63, 3.8) is 0 Å². The Morgan fingerprint density at radius 3 is 2.00 bits per heavy atom. The Morgan fingerprint density at radius 1 is 0.917 bits per heavy atom. The average molecular weight is 325 g/mol.